The number of carbonyl (C=O) groups is 1. The predicted octanol–water partition coefficient (Wildman–Crippen LogP) is 4.21. The first-order valence-corrected chi connectivity index (χ1v) is 8.45. The third-order valence-corrected chi connectivity index (χ3v) is 4.13. The summed E-state index contributed by atoms with van der Waals surface area (Å²) in [5, 5.41) is 14.2. The summed E-state index contributed by atoms with van der Waals surface area (Å²) in [7, 11) is 1.52. The van der Waals surface area contributed by atoms with Crippen molar-refractivity contribution in [1.29, 1.82) is 0 Å². The number of methoxy groups -OCH3 is 1. The van der Waals surface area contributed by atoms with Crippen LogP contribution in [0.5, 0.6) is 11.5 Å². The highest BCUT2D eigenvalue weighted by atomic mass is 16.5. The van der Waals surface area contributed by atoms with Gasteiger partial charge in [-0.3, -0.25) is 4.79 Å². The summed E-state index contributed by atoms with van der Waals surface area (Å²) in [5.74, 6) is 0.519. The molecule has 5 nitrogen and oxygen atoms in total. The van der Waals surface area contributed by atoms with Gasteiger partial charge in [0, 0.05) is 29.6 Å². The number of aromatic nitrogens is 2. The molecule has 0 saturated heterocycles. The zero-order chi connectivity index (χ0) is 19.2. The molecular formula is C22H20N2O3. The van der Waals surface area contributed by atoms with Crippen molar-refractivity contribution in [1.82, 2.24) is 9.78 Å². The lowest BCUT2D eigenvalue weighted by Crippen LogP contribution is -1.98. The minimum Gasteiger partial charge on any atom is -0.508 e. The van der Waals surface area contributed by atoms with E-state index in [1.54, 1.807) is 47.3 Å². The van der Waals surface area contributed by atoms with Gasteiger partial charge in [-0.05, 0) is 60.5 Å². The quantitative estimate of drug-likeness (QED) is 0.389. The molecular weight excluding hydrogens is 340 g/mol. The standard InChI is InChI=1S/C22H20N2O3/c1-3-5-17-14-18(22(27-2)15-21(17)26)8-11-20(25)16-6-9-19(10-7-16)24-13-4-12-23-24/h3-4,6-15,26H,1,5H2,2H3/b11-8+. The van der Waals surface area contributed by atoms with E-state index in [0.29, 0.717) is 23.3 Å². The first-order chi connectivity index (χ1) is 13.1. The largest absolute Gasteiger partial charge is 0.508 e. The van der Waals surface area contributed by atoms with Crippen LogP contribution in [0.15, 0.2) is 73.6 Å². The van der Waals surface area contributed by atoms with Crippen LogP contribution >= 0.6 is 0 Å². The van der Waals surface area contributed by atoms with E-state index in [2.05, 4.69) is 11.7 Å². The van der Waals surface area contributed by atoms with Crippen LogP contribution in [0.4, 0.5) is 0 Å². The van der Waals surface area contributed by atoms with Crippen LogP contribution in [0.2, 0.25) is 0 Å². The van der Waals surface area contributed by atoms with Crippen molar-refractivity contribution >= 4 is 11.9 Å². The Morgan fingerprint density at radius 2 is 2.07 bits per heavy atom. The number of benzene rings is 2. The monoisotopic (exact) mass is 360 g/mol. The number of hydrogen-bond acceptors (Lipinski definition) is 4. The molecule has 0 radical (unpaired) electrons. The molecule has 0 atom stereocenters. The molecule has 1 heterocycles. The number of rotatable bonds is 7. The Bertz CT molecular complexity index is 972. The summed E-state index contributed by atoms with van der Waals surface area (Å²) in [6.45, 7) is 3.69. The van der Waals surface area contributed by atoms with E-state index < -0.39 is 0 Å². The molecule has 0 saturated carbocycles. The number of phenols is 1. The molecule has 0 spiro atoms. The molecule has 3 aromatic rings. The molecule has 0 fully saturated rings. The number of aromatic hydroxyl groups is 1. The fourth-order valence-corrected chi connectivity index (χ4v) is 2.72. The van der Waals surface area contributed by atoms with Crippen molar-refractivity contribution in [3.8, 4) is 17.2 Å². The second kappa shape index (κ2) is 8.19. The maximum absolute atomic E-state index is 12.5. The van der Waals surface area contributed by atoms with Gasteiger partial charge in [0.05, 0.1) is 12.8 Å². The number of ether oxygens (including phenoxy) is 1. The molecule has 0 bridgehead atoms. The second-order valence-electron chi connectivity index (χ2n) is 5.91. The fourth-order valence-electron chi connectivity index (χ4n) is 2.72. The second-order valence-corrected chi connectivity index (χ2v) is 5.91. The number of carbonyl (C=O) groups excluding carboxylic acids is 1. The van der Waals surface area contributed by atoms with Crippen LogP contribution in [0.3, 0.4) is 0 Å². The summed E-state index contributed by atoms with van der Waals surface area (Å²) in [5.41, 5.74) is 2.90. The minimum atomic E-state index is -0.123. The van der Waals surface area contributed by atoms with Gasteiger partial charge in [0.1, 0.15) is 11.5 Å². The normalized spacial score (nSPS) is 10.9. The molecule has 0 amide bonds. The van der Waals surface area contributed by atoms with Gasteiger partial charge in [-0.15, -0.1) is 6.58 Å². The lowest BCUT2D eigenvalue weighted by atomic mass is 10.0. The summed E-state index contributed by atoms with van der Waals surface area (Å²) < 4.78 is 7.03. The van der Waals surface area contributed by atoms with Crippen molar-refractivity contribution in [3.63, 3.8) is 0 Å². The average Bonchev–Trinajstić information content (AvgIpc) is 3.23. The third kappa shape index (κ3) is 4.15. The van der Waals surface area contributed by atoms with Gasteiger partial charge in [0.15, 0.2) is 5.78 Å². The van der Waals surface area contributed by atoms with Gasteiger partial charge in [0.25, 0.3) is 0 Å². The predicted molar refractivity (Wildman–Crippen MR) is 105 cm³/mol. The summed E-state index contributed by atoms with van der Waals surface area (Å²) in [6.07, 6.45) is 8.97. The zero-order valence-electron chi connectivity index (χ0n) is 15.0. The topological polar surface area (TPSA) is 64.4 Å². The van der Waals surface area contributed by atoms with Gasteiger partial charge in [0.2, 0.25) is 0 Å². The van der Waals surface area contributed by atoms with Crippen LogP contribution < -0.4 is 4.74 Å². The van der Waals surface area contributed by atoms with Crippen molar-refractivity contribution < 1.29 is 14.6 Å². The van der Waals surface area contributed by atoms with E-state index in [0.717, 1.165) is 11.3 Å². The first kappa shape index (κ1) is 18.2. The summed E-state index contributed by atoms with van der Waals surface area (Å²) in [6, 6.07) is 12.4. The fraction of sp³-hybridized carbons (Fsp3) is 0.0909. The van der Waals surface area contributed by atoms with E-state index in [9.17, 15) is 9.90 Å². The van der Waals surface area contributed by atoms with E-state index >= 15 is 0 Å². The lowest BCUT2D eigenvalue weighted by molar-refractivity contribution is 0.104. The van der Waals surface area contributed by atoms with Crippen LogP contribution in [-0.2, 0) is 6.42 Å². The molecule has 0 unspecified atom stereocenters. The molecule has 2 aromatic carbocycles. The Morgan fingerprint density at radius 1 is 1.30 bits per heavy atom. The molecule has 0 aliphatic carbocycles. The van der Waals surface area contributed by atoms with Crippen molar-refractivity contribution in [2.24, 2.45) is 0 Å². The smallest absolute Gasteiger partial charge is 0.185 e. The Balaban J connectivity index is 1.82. The van der Waals surface area contributed by atoms with E-state index in [4.69, 9.17) is 4.74 Å². The molecule has 3 rings (SSSR count). The third-order valence-electron chi connectivity index (χ3n) is 4.13. The summed E-state index contributed by atoms with van der Waals surface area (Å²) >= 11 is 0. The summed E-state index contributed by atoms with van der Waals surface area (Å²) in [4.78, 5) is 12.5. The first-order valence-electron chi connectivity index (χ1n) is 8.45. The molecule has 1 N–H and O–H groups in total. The molecule has 0 aliphatic rings. The Labute approximate surface area is 157 Å². The zero-order valence-corrected chi connectivity index (χ0v) is 15.0. The maximum atomic E-state index is 12.5. The molecule has 5 heteroatoms. The number of allylic oxidation sites excluding steroid dienone is 2. The Hall–Kier alpha value is -3.60. The van der Waals surface area contributed by atoms with Crippen LogP contribution in [0.25, 0.3) is 11.8 Å². The minimum absolute atomic E-state index is 0.123. The highest BCUT2D eigenvalue weighted by molar-refractivity contribution is 6.07. The molecule has 1 aromatic heterocycles. The van der Waals surface area contributed by atoms with E-state index in [-0.39, 0.29) is 11.5 Å². The highest BCUT2D eigenvalue weighted by Crippen LogP contribution is 2.30. The number of phenolic OH excluding ortho intramolecular Hbond substituents is 1. The van der Waals surface area contributed by atoms with Gasteiger partial charge in [-0.2, -0.15) is 5.10 Å². The van der Waals surface area contributed by atoms with Crippen molar-refractivity contribution in [3.05, 3.63) is 90.3 Å². The van der Waals surface area contributed by atoms with Gasteiger partial charge < -0.3 is 9.84 Å². The van der Waals surface area contributed by atoms with Crippen molar-refractivity contribution in [2.75, 3.05) is 7.11 Å². The van der Waals surface area contributed by atoms with Crippen LogP contribution in [0.1, 0.15) is 21.5 Å². The van der Waals surface area contributed by atoms with Gasteiger partial charge in [-0.25, -0.2) is 4.68 Å². The maximum Gasteiger partial charge on any atom is 0.185 e. The Morgan fingerprint density at radius 3 is 2.70 bits per heavy atom. The SMILES string of the molecule is C=CCc1cc(/C=C/C(=O)c2ccc(-n3cccn3)cc2)c(OC)cc1O. The number of ketones is 1. The number of nitrogens with zero attached hydrogens (tertiary/aromatic N) is 2. The lowest BCUT2D eigenvalue weighted by Gasteiger charge is -2.09. The van der Waals surface area contributed by atoms with Gasteiger partial charge >= 0.3 is 0 Å². The number of hydrogen-bond donors (Lipinski definition) is 1. The van der Waals surface area contributed by atoms with Crippen LogP contribution in [-0.4, -0.2) is 27.8 Å². The van der Waals surface area contributed by atoms with E-state index in [1.165, 1.54) is 13.2 Å². The van der Waals surface area contributed by atoms with Crippen LogP contribution in [0, 0.1) is 0 Å². The molecule has 27 heavy (non-hydrogen) atoms. The molecule has 0 aliphatic heterocycles. The van der Waals surface area contributed by atoms with Crippen molar-refractivity contribution in [2.45, 2.75) is 6.42 Å². The highest BCUT2D eigenvalue weighted by Gasteiger charge is 2.09. The van der Waals surface area contributed by atoms with Gasteiger partial charge in [-0.1, -0.05) is 6.08 Å². The Kier molecular flexibility index (Phi) is 5.52. The van der Waals surface area contributed by atoms with E-state index in [1.807, 2.05) is 24.4 Å². The molecule has 136 valence electrons. The average molecular weight is 360 g/mol.